The van der Waals surface area contributed by atoms with Gasteiger partial charge in [-0.25, -0.2) is 14.4 Å². The van der Waals surface area contributed by atoms with E-state index in [4.69, 9.17) is 0 Å². The number of aromatic amines is 1. The average molecular weight is 496 g/mol. The molecule has 8 heteroatoms. The number of halogens is 1. The van der Waals surface area contributed by atoms with E-state index in [9.17, 15) is 14.0 Å². The Morgan fingerprint density at radius 2 is 2.03 bits per heavy atom. The first kappa shape index (κ1) is 23.9. The number of aliphatic imine (C=N–C) groups is 1. The van der Waals surface area contributed by atoms with Crippen LogP contribution >= 0.6 is 0 Å². The maximum atomic E-state index is 14.6. The van der Waals surface area contributed by atoms with E-state index >= 15 is 0 Å². The van der Waals surface area contributed by atoms with Crippen LogP contribution in [-0.4, -0.2) is 46.0 Å². The highest BCUT2D eigenvalue weighted by Crippen LogP contribution is 2.65. The number of nitrogens with one attached hydrogen (secondary N) is 2. The Hall–Kier alpha value is -2.51. The van der Waals surface area contributed by atoms with Crippen LogP contribution in [0.5, 0.6) is 0 Å². The van der Waals surface area contributed by atoms with Gasteiger partial charge in [0, 0.05) is 36.6 Å². The number of likely N-dealkylation sites (N-methyl/N-ethyl adjacent to an activating group) is 1. The van der Waals surface area contributed by atoms with Crippen molar-refractivity contribution in [2.45, 2.75) is 84.2 Å². The van der Waals surface area contributed by atoms with Crippen LogP contribution in [0, 0.1) is 34.5 Å². The quantitative estimate of drug-likeness (QED) is 0.632. The van der Waals surface area contributed by atoms with Crippen molar-refractivity contribution in [1.29, 1.82) is 0 Å². The van der Waals surface area contributed by atoms with E-state index in [0.29, 0.717) is 30.2 Å². The SMILES string of the molecule is CC1CC=Nc2nc(CNC(=O)C3CCC4C5CCC6N(C)C(=O)C(F)=C[C@]6(C)C5CC[C@]34C)[nH]c21. The number of aromatic nitrogens is 2. The Labute approximate surface area is 212 Å². The smallest absolute Gasteiger partial charge is 0.282 e. The number of carbonyl (C=O) groups excluding carboxylic acids is 2. The first-order chi connectivity index (χ1) is 17.1. The van der Waals surface area contributed by atoms with Crippen molar-refractivity contribution < 1.29 is 14.0 Å². The molecule has 0 radical (unpaired) electrons. The molecule has 0 aromatic carbocycles. The second kappa shape index (κ2) is 8.25. The maximum absolute atomic E-state index is 14.6. The van der Waals surface area contributed by atoms with Crippen molar-refractivity contribution in [3.05, 3.63) is 23.4 Å². The van der Waals surface area contributed by atoms with E-state index in [2.05, 4.69) is 41.0 Å². The number of hydrogen-bond donors (Lipinski definition) is 2. The molecule has 0 spiro atoms. The second-order valence-electron chi connectivity index (χ2n) is 12.5. The van der Waals surface area contributed by atoms with Gasteiger partial charge in [-0.1, -0.05) is 20.8 Å². The topological polar surface area (TPSA) is 90.4 Å². The molecule has 2 amide bonds. The van der Waals surface area contributed by atoms with Gasteiger partial charge in [0.2, 0.25) is 5.91 Å². The highest BCUT2D eigenvalue weighted by atomic mass is 19.1. The van der Waals surface area contributed by atoms with Gasteiger partial charge in [0.15, 0.2) is 11.6 Å². The van der Waals surface area contributed by atoms with Gasteiger partial charge in [0.25, 0.3) is 5.91 Å². The lowest BCUT2D eigenvalue weighted by atomic mass is 9.47. The fourth-order valence-electron chi connectivity index (χ4n) is 8.92. The summed E-state index contributed by atoms with van der Waals surface area (Å²) in [6, 6.07) is 0.0572. The molecule has 5 aliphatic rings. The molecule has 3 fully saturated rings. The van der Waals surface area contributed by atoms with Crippen LogP contribution < -0.4 is 5.32 Å². The summed E-state index contributed by atoms with van der Waals surface area (Å²) in [4.78, 5) is 39.8. The van der Waals surface area contributed by atoms with Crippen molar-refractivity contribution in [2.75, 3.05) is 7.05 Å². The van der Waals surface area contributed by atoms with E-state index in [1.54, 1.807) is 18.0 Å². The molecular weight excluding hydrogens is 457 g/mol. The number of amides is 2. The molecule has 6 unspecified atom stereocenters. The number of nitrogens with zero attached hydrogens (tertiary/aromatic N) is 3. The molecular formula is C28H38FN5O2. The van der Waals surface area contributed by atoms with Crippen molar-refractivity contribution in [3.8, 4) is 0 Å². The zero-order valence-electron chi connectivity index (χ0n) is 21.8. The third-order valence-electron chi connectivity index (χ3n) is 10.8. The van der Waals surface area contributed by atoms with Gasteiger partial charge in [0.05, 0.1) is 12.2 Å². The van der Waals surface area contributed by atoms with E-state index in [0.717, 1.165) is 62.3 Å². The number of carbonyl (C=O) groups is 2. The Bertz CT molecular complexity index is 1160. The van der Waals surface area contributed by atoms with Gasteiger partial charge in [-0.2, -0.15) is 0 Å². The third-order valence-corrected chi connectivity index (χ3v) is 10.8. The minimum atomic E-state index is -0.603. The molecule has 3 aliphatic carbocycles. The lowest BCUT2D eigenvalue weighted by molar-refractivity contribution is -0.145. The number of rotatable bonds is 3. The van der Waals surface area contributed by atoms with Crippen LogP contribution in [0.1, 0.15) is 83.2 Å². The van der Waals surface area contributed by atoms with Crippen LogP contribution in [-0.2, 0) is 16.1 Å². The van der Waals surface area contributed by atoms with E-state index in [1.165, 1.54) is 0 Å². The van der Waals surface area contributed by atoms with Gasteiger partial charge in [-0.3, -0.25) is 9.59 Å². The lowest BCUT2D eigenvalue weighted by Gasteiger charge is -2.60. The highest BCUT2D eigenvalue weighted by Gasteiger charge is 2.62. The van der Waals surface area contributed by atoms with Crippen molar-refractivity contribution >= 4 is 23.8 Å². The van der Waals surface area contributed by atoms with Gasteiger partial charge in [-0.15, -0.1) is 0 Å². The molecule has 7 nitrogen and oxygen atoms in total. The van der Waals surface area contributed by atoms with Crippen molar-refractivity contribution in [1.82, 2.24) is 20.2 Å². The molecule has 3 heterocycles. The average Bonchev–Trinajstić information content (AvgIpc) is 3.42. The predicted molar refractivity (Wildman–Crippen MR) is 135 cm³/mol. The number of hydrogen-bond acceptors (Lipinski definition) is 4. The zero-order valence-corrected chi connectivity index (χ0v) is 21.8. The Morgan fingerprint density at radius 1 is 1.22 bits per heavy atom. The van der Waals surface area contributed by atoms with Gasteiger partial charge in [-0.05, 0) is 74.2 Å². The second-order valence-corrected chi connectivity index (χ2v) is 12.5. The van der Waals surface area contributed by atoms with Gasteiger partial charge >= 0.3 is 0 Å². The zero-order chi connectivity index (χ0) is 25.4. The summed E-state index contributed by atoms with van der Waals surface area (Å²) in [5.74, 6) is 2.15. The minimum Gasteiger partial charge on any atom is -0.349 e. The van der Waals surface area contributed by atoms with Gasteiger partial charge in [0.1, 0.15) is 5.82 Å². The minimum absolute atomic E-state index is 0.0154. The van der Waals surface area contributed by atoms with Crippen LogP contribution in [0.2, 0.25) is 0 Å². The fraction of sp³-hybridized carbons (Fsp3) is 0.714. The summed E-state index contributed by atoms with van der Waals surface area (Å²) >= 11 is 0. The maximum Gasteiger partial charge on any atom is 0.282 e. The number of fused-ring (bicyclic) bond motifs is 6. The molecule has 36 heavy (non-hydrogen) atoms. The van der Waals surface area contributed by atoms with Crippen LogP contribution in [0.3, 0.4) is 0 Å². The first-order valence-electron chi connectivity index (χ1n) is 13.7. The molecule has 2 N–H and O–H groups in total. The molecule has 1 aromatic heterocycles. The normalized spacial score (nSPS) is 41.2. The standard InChI is InChI=1S/C28H38FN5O2/c1-15-10-12-30-24-23(15)32-22(33-24)14-31-25(35)19-7-6-17-16-5-8-21-28(3,13-20(29)26(36)34(21)4)18(16)9-11-27(17,19)2/h12-13,15-19,21H,5-11,14H2,1-4H3,(H,31,35)(H,32,33)/t15?,16?,17?,18?,19?,21?,27-,28+/m0/s1. The first-order valence-corrected chi connectivity index (χ1v) is 13.7. The van der Waals surface area contributed by atoms with Gasteiger partial charge < -0.3 is 15.2 Å². The highest BCUT2D eigenvalue weighted by molar-refractivity contribution is 5.92. The summed E-state index contributed by atoms with van der Waals surface area (Å²) in [5, 5.41) is 3.18. The molecule has 0 bridgehead atoms. The molecule has 194 valence electrons. The molecule has 0 saturated heterocycles. The molecule has 2 aliphatic heterocycles. The van der Waals surface area contributed by atoms with E-state index in [1.807, 2.05) is 6.21 Å². The van der Waals surface area contributed by atoms with Crippen LogP contribution in [0.4, 0.5) is 10.2 Å². The van der Waals surface area contributed by atoms with Crippen molar-refractivity contribution in [2.24, 2.45) is 39.5 Å². The molecule has 3 saturated carbocycles. The summed E-state index contributed by atoms with van der Waals surface area (Å²) in [6.45, 7) is 7.02. The van der Waals surface area contributed by atoms with E-state index in [-0.39, 0.29) is 28.7 Å². The number of H-pyrrole nitrogens is 1. The Balaban J connectivity index is 1.17. The number of imidazole rings is 1. The largest absolute Gasteiger partial charge is 0.349 e. The lowest BCUT2D eigenvalue weighted by Crippen LogP contribution is -2.60. The molecule has 1 aromatic rings. The van der Waals surface area contributed by atoms with Crippen LogP contribution in [0.25, 0.3) is 0 Å². The van der Waals surface area contributed by atoms with Crippen molar-refractivity contribution in [3.63, 3.8) is 0 Å². The summed E-state index contributed by atoms with van der Waals surface area (Å²) in [5.41, 5.74) is 0.668. The molecule has 6 rings (SSSR count). The monoisotopic (exact) mass is 495 g/mol. The summed E-state index contributed by atoms with van der Waals surface area (Å²) in [7, 11) is 1.75. The Kier molecular flexibility index (Phi) is 5.47. The molecule has 8 atom stereocenters. The third kappa shape index (κ3) is 3.35. The Morgan fingerprint density at radius 3 is 2.81 bits per heavy atom. The summed E-state index contributed by atoms with van der Waals surface area (Å²) < 4.78 is 14.6. The predicted octanol–water partition coefficient (Wildman–Crippen LogP) is 4.79. The fourth-order valence-corrected chi connectivity index (χ4v) is 8.92. The van der Waals surface area contributed by atoms with Crippen LogP contribution in [0.15, 0.2) is 16.9 Å². The van der Waals surface area contributed by atoms with E-state index < -0.39 is 11.7 Å². The summed E-state index contributed by atoms with van der Waals surface area (Å²) in [6.07, 6.45) is 10.3.